The molecule has 0 bridgehead atoms. The fourth-order valence-electron chi connectivity index (χ4n) is 1.07. The van der Waals surface area contributed by atoms with Gasteiger partial charge in [-0.05, 0) is 13.6 Å². The van der Waals surface area contributed by atoms with E-state index in [2.05, 4.69) is 48.6 Å². The van der Waals surface area contributed by atoms with Crippen molar-refractivity contribution in [2.24, 2.45) is 0 Å². The zero-order valence-corrected chi connectivity index (χ0v) is 12.7. The molecule has 0 spiro atoms. The summed E-state index contributed by atoms with van der Waals surface area (Å²) < 4.78 is 5.36. The molecule has 0 unspecified atom stereocenters. The van der Waals surface area contributed by atoms with Crippen molar-refractivity contribution in [1.29, 1.82) is 0 Å². The van der Waals surface area contributed by atoms with Gasteiger partial charge in [0.1, 0.15) is 17.9 Å². The average molecular weight is 219 g/mol. The van der Waals surface area contributed by atoms with Crippen LogP contribution in [0.15, 0.2) is 0 Å². The van der Waals surface area contributed by atoms with Crippen LogP contribution in [-0.2, 0) is 0 Å². The molecule has 0 aliphatic rings. The third-order valence-electron chi connectivity index (χ3n) is 2.00. The molecule has 2 radical (unpaired) electrons. The smallest absolute Gasteiger partial charge is 0.159 e. The number of nitrogens with zero attached hydrogens (tertiary/aromatic N) is 2. The van der Waals surface area contributed by atoms with Gasteiger partial charge in [0.25, 0.3) is 0 Å². The third kappa shape index (κ3) is 4.56. The first-order valence-electron chi connectivity index (χ1n) is 4.55. The Morgan fingerprint density at radius 2 is 1.50 bits per heavy atom. The van der Waals surface area contributed by atoms with Gasteiger partial charge in [-0.1, -0.05) is 33.1 Å². The van der Waals surface area contributed by atoms with Gasteiger partial charge in [-0.15, -0.1) is 0 Å². The second-order valence-corrected chi connectivity index (χ2v) is 12.2. The minimum absolute atomic E-state index is 0.0881. The van der Waals surface area contributed by atoms with Crippen molar-refractivity contribution in [2.75, 3.05) is 13.6 Å². The van der Waals surface area contributed by atoms with Crippen molar-refractivity contribution >= 4 is 27.8 Å². The van der Waals surface area contributed by atoms with E-state index in [-0.39, 0.29) is 27.8 Å². The zero-order valence-electron chi connectivity index (χ0n) is 9.31. The Balaban J connectivity index is 3.95. The van der Waals surface area contributed by atoms with Crippen LogP contribution in [0.3, 0.4) is 0 Å². The van der Waals surface area contributed by atoms with Crippen LogP contribution in [-0.4, -0.2) is 49.8 Å². The summed E-state index contributed by atoms with van der Waals surface area (Å²) >= 11 is 0. The van der Waals surface area contributed by atoms with Crippen LogP contribution in [0.1, 0.15) is 6.92 Å². The third-order valence-corrected chi connectivity index (χ3v) is 12.7. The molecule has 0 N–H and O–H groups in total. The van der Waals surface area contributed by atoms with Crippen LogP contribution in [0.4, 0.5) is 0 Å². The summed E-state index contributed by atoms with van der Waals surface area (Å²) in [4.78, 5) is 0. The summed E-state index contributed by atoms with van der Waals surface area (Å²) in [6.07, 6.45) is 0. The van der Waals surface area contributed by atoms with Gasteiger partial charge in [0, 0.05) is 0 Å². The number of hydrogen-bond acceptors (Lipinski definition) is 2. The Hall–Kier alpha value is 0.571. The maximum atomic E-state index is 2.83. The van der Waals surface area contributed by atoms with Crippen molar-refractivity contribution in [3.8, 4) is 0 Å². The Bertz CT molecular complexity index is 111. The van der Waals surface area contributed by atoms with E-state index in [1.54, 1.807) is 0 Å². The predicted octanol–water partition coefficient (Wildman–Crippen LogP) is 0.741. The van der Waals surface area contributed by atoms with Crippen molar-refractivity contribution in [3.63, 3.8) is 0 Å². The van der Waals surface area contributed by atoms with E-state index < -0.39 is 0 Å². The second kappa shape index (κ2) is 6.09. The van der Waals surface area contributed by atoms with Crippen molar-refractivity contribution in [2.45, 2.75) is 33.1 Å². The molecule has 0 aromatic rings. The normalized spacial score (nSPS) is 13.5. The molecule has 72 valence electrons. The molecule has 0 aromatic carbocycles. The minimum atomic E-state index is -0.179. The number of rotatable bonds is 5. The summed E-state index contributed by atoms with van der Waals surface area (Å²) in [7, 11) is 1.81. The molecule has 0 amide bonds. The van der Waals surface area contributed by atoms with Crippen molar-refractivity contribution < 1.29 is 0 Å². The van der Waals surface area contributed by atoms with Crippen LogP contribution in [0.5, 0.6) is 0 Å². The zero-order chi connectivity index (χ0) is 9.72. The molecular weight excluding hydrogens is 196 g/mol. The molecule has 0 fully saturated rings. The Kier molecular flexibility index (Phi) is 6.38. The fraction of sp³-hybridized carbons (Fsp3) is 1.00. The highest BCUT2D eigenvalue weighted by atomic mass is 28.4. The van der Waals surface area contributed by atoms with Crippen molar-refractivity contribution in [3.05, 3.63) is 0 Å². The lowest BCUT2D eigenvalue weighted by molar-refractivity contribution is 0.547. The monoisotopic (exact) mass is 218 g/mol. The Morgan fingerprint density at radius 1 is 1.08 bits per heavy atom. The van der Waals surface area contributed by atoms with E-state index in [4.69, 9.17) is 0 Å². The van der Waals surface area contributed by atoms with Gasteiger partial charge in [-0.25, -0.2) is 0 Å². The summed E-state index contributed by atoms with van der Waals surface area (Å²) in [6, 6.07) is 0. The fourth-order valence-corrected chi connectivity index (χ4v) is 9.04. The van der Waals surface area contributed by atoms with Gasteiger partial charge in [0.05, 0.1) is 0 Å². The quantitative estimate of drug-likeness (QED) is 0.628. The lowest BCUT2D eigenvalue weighted by atomic mass is 10.8. The minimum Gasteiger partial charge on any atom is -0.363 e. The average Bonchev–Trinajstić information content (AvgIpc) is 1.98. The molecule has 0 saturated heterocycles. The van der Waals surface area contributed by atoms with Crippen LogP contribution in [0, 0.1) is 0 Å². The lowest BCUT2D eigenvalue weighted by Gasteiger charge is -2.32. The van der Waals surface area contributed by atoms with Gasteiger partial charge < -0.3 is 8.46 Å². The van der Waals surface area contributed by atoms with Gasteiger partial charge in [0.15, 0.2) is 9.84 Å². The first-order valence-corrected chi connectivity index (χ1v) is 10.7. The highest BCUT2D eigenvalue weighted by molar-refractivity contribution is 6.79. The van der Waals surface area contributed by atoms with Crippen molar-refractivity contribution in [1.82, 2.24) is 8.46 Å². The van der Waals surface area contributed by atoms with E-state index in [0.717, 1.165) is 0 Å². The maximum absolute atomic E-state index is 2.83. The number of hydrogen-bond donors (Lipinski definition) is 0. The molecule has 0 atom stereocenters. The maximum Gasteiger partial charge on any atom is 0.159 e. The van der Waals surface area contributed by atoms with Crippen LogP contribution < -0.4 is 0 Å². The Morgan fingerprint density at radius 3 is 1.75 bits per heavy atom. The molecule has 0 aromatic heterocycles. The standard InChI is InChI=1S/C7H22N2Si3/c1-7-8(2)10-9(11(3)4)12(5)6/h7,10H2,1-6H3. The topological polar surface area (TPSA) is 6.48 Å². The highest BCUT2D eigenvalue weighted by Crippen LogP contribution is 1.98. The SMILES string of the molecule is CCN(C)[SiH2]N([Si](C)C)[Si](C)C. The van der Waals surface area contributed by atoms with Crippen LogP contribution >= 0.6 is 0 Å². The summed E-state index contributed by atoms with van der Waals surface area (Å²) in [6.45, 7) is 13.1. The molecule has 0 aliphatic heterocycles. The molecule has 0 rings (SSSR count). The molecule has 12 heavy (non-hydrogen) atoms. The molecule has 0 aliphatic carbocycles. The highest BCUT2D eigenvalue weighted by Gasteiger charge is 2.16. The van der Waals surface area contributed by atoms with E-state index in [1.165, 1.54) is 6.54 Å². The second-order valence-electron chi connectivity index (χ2n) is 3.64. The molecule has 2 nitrogen and oxygen atoms in total. The largest absolute Gasteiger partial charge is 0.363 e. The molecule has 5 heteroatoms. The molecule has 0 heterocycles. The van der Waals surface area contributed by atoms with E-state index in [0.29, 0.717) is 0 Å². The molecule has 0 saturated carbocycles. The summed E-state index contributed by atoms with van der Waals surface area (Å²) in [5.41, 5.74) is 0. The first kappa shape index (κ1) is 12.6. The summed E-state index contributed by atoms with van der Waals surface area (Å²) in [5, 5.41) is 0. The van der Waals surface area contributed by atoms with E-state index >= 15 is 0 Å². The summed E-state index contributed by atoms with van der Waals surface area (Å²) in [5.74, 6) is 0. The van der Waals surface area contributed by atoms with Gasteiger partial charge in [-0.2, -0.15) is 0 Å². The lowest BCUT2D eigenvalue weighted by Crippen LogP contribution is -2.51. The Labute approximate surface area is 83.3 Å². The van der Waals surface area contributed by atoms with Gasteiger partial charge in [-0.3, -0.25) is 0 Å². The van der Waals surface area contributed by atoms with Gasteiger partial charge in [0.2, 0.25) is 0 Å². The van der Waals surface area contributed by atoms with Crippen LogP contribution in [0.25, 0.3) is 0 Å². The molecular formula is C7H22N2Si3. The van der Waals surface area contributed by atoms with Gasteiger partial charge >= 0.3 is 0 Å². The van der Waals surface area contributed by atoms with Crippen LogP contribution in [0.2, 0.25) is 26.2 Å². The first-order chi connectivity index (χ1) is 5.49. The predicted molar refractivity (Wildman–Crippen MR) is 63.7 cm³/mol. The van der Waals surface area contributed by atoms with E-state index in [1.807, 2.05) is 0 Å². The van der Waals surface area contributed by atoms with E-state index in [9.17, 15) is 0 Å².